The fourth-order valence-electron chi connectivity index (χ4n) is 1.92. The second-order valence-corrected chi connectivity index (χ2v) is 5.09. The third kappa shape index (κ3) is 2.16. The van der Waals surface area contributed by atoms with Crippen LogP contribution in [0.25, 0.3) is 0 Å². The molecule has 0 radical (unpaired) electrons. The zero-order valence-electron chi connectivity index (χ0n) is 10.9. The van der Waals surface area contributed by atoms with Crippen LogP contribution in [0.2, 0.25) is 0 Å². The van der Waals surface area contributed by atoms with Gasteiger partial charge in [-0.05, 0) is 13.8 Å². The first-order valence-corrected chi connectivity index (χ1v) is 5.61. The molecule has 0 amide bonds. The number of Topliss-reactive ketones (excluding diaryl/α,β-unsaturated/α-hetero) is 2. The number of ketones is 3. The number of carbonyl (C=O) groups excluding carboxylic acids is 3. The van der Waals surface area contributed by atoms with Gasteiger partial charge in [-0.3, -0.25) is 14.4 Å². The highest BCUT2D eigenvalue weighted by Crippen LogP contribution is 2.36. The Kier molecular flexibility index (Phi) is 3.55. The number of rotatable bonds is 3. The lowest BCUT2D eigenvalue weighted by Gasteiger charge is -2.32. The standard InChI is InChI=1S/C13H18O4/c1-7(2)11(15)10-8(14)6-9(17-5)13(3,4)12(10)16/h6-7,10H,1-5H3. The molecule has 1 unspecified atom stereocenters. The van der Waals surface area contributed by atoms with Crippen molar-refractivity contribution in [3.63, 3.8) is 0 Å². The fourth-order valence-corrected chi connectivity index (χ4v) is 1.92. The molecule has 0 fully saturated rings. The van der Waals surface area contributed by atoms with Gasteiger partial charge in [-0.2, -0.15) is 0 Å². The van der Waals surface area contributed by atoms with Gasteiger partial charge in [-0.15, -0.1) is 0 Å². The number of hydrogen-bond acceptors (Lipinski definition) is 4. The first kappa shape index (κ1) is 13.6. The molecule has 1 aliphatic rings. The van der Waals surface area contributed by atoms with Gasteiger partial charge in [0.2, 0.25) is 0 Å². The molecule has 0 bridgehead atoms. The highest BCUT2D eigenvalue weighted by molar-refractivity contribution is 6.26. The van der Waals surface area contributed by atoms with E-state index in [1.807, 2.05) is 0 Å². The van der Waals surface area contributed by atoms with Gasteiger partial charge < -0.3 is 4.74 Å². The molecule has 0 spiro atoms. The molecule has 0 aromatic rings. The van der Waals surface area contributed by atoms with E-state index in [1.165, 1.54) is 13.2 Å². The van der Waals surface area contributed by atoms with Crippen molar-refractivity contribution in [3.05, 3.63) is 11.8 Å². The predicted octanol–water partition coefficient (Wildman–Crippen LogP) is 1.54. The maximum Gasteiger partial charge on any atom is 0.177 e. The molecular formula is C13H18O4. The monoisotopic (exact) mass is 238 g/mol. The van der Waals surface area contributed by atoms with Gasteiger partial charge in [0.1, 0.15) is 11.7 Å². The van der Waals surface area contributed by atoms with E-state index in [9.17, 15) is 14.4 Å². The third-order valence-corrected chi connectivity index (χ3v) is 3.13. The summed E-state index contributed by atoms with van der Waals surface area (Å²) in [4.78, 5) is 35.9. The largest absolute Gasteiger partial charge is 0.500 e. The Morgan fingerprint density at radius 3 is 2.29 bits per heavy atom. The van der Waals surface area contributed by atoms with E-state index in [0.717, 1.165) is 0 Å². The lowest BCUT2D eigenvalue weighted by atomic mass is 9.70. The maximum absolute atomic E-state index is 12.2. The molecule has 94 valence electrons. The molecule has 0 heterocycles. The van der Waals surface area contributed by atoms with Gasteiger partial charge >= 0.3 is 0 Å². The summed E-state index contributed by atoms with van der Waals surface area (Å²) in [5.41, 5.74) is -0.919. The number of allylic oxidation sites excluding steroid dienone is 2. The summed E-state index contributed by atoms with van der Waals surface area (Å²) in [5, 5.41) is 0. The Morgan fingerprint density at radius 2 is 1.88 bits per heavy atom. The van der Waals surface area contributed by atoms with Gasteiger partial charge in [0.05, 0.1) is 12.5 Å². The van der Waals surface area contributed by atoms with Crippen LogP contribution in [0.3, 0.4) is 0 Å². The molecule has 0 aliphatic heterocycles. The molecule has 4 heteroatoms. The topological polar surface area (TPSA) is 60.4 Å². The molecule has 17 heavy (non-hydrogen) atoms. The van der Waals surface area contributed by atoms with E-state index < -0.39 is 17.1 Å². The zero-order valence-corrected chi connectivity index (χ0v) is 10.9. The predicted molar refractivity (Wildman–Crippen MR) is 62.2 cm³/mol. The lowest BCUT2D eigenvalue weighted by molar-refractivity contribution is -0.145. The zero-order chi connectivity index (χ0) is 13.4. The van der Waals surface area contributed by atoms with Crippen LogP contribution in [0.15, 0.2) is 11.8 Å². The second-order valence-electron chi connectivity index (χ2n) is 5.09. The van der Waals surface area contributed by atoms with Crippen molar-refractivity contribution in [1.82, 2.24) is 0 Å². The van der Waals surface area contributed by atoms with Crippen LogP contribution in [-0.2, 0) is 19.1 Å². The molecule has 0 aromatic heterocycles. The van der Waals surface area contributed by atoms with Gasteiger partial charge in [0.15, 0.2) is 17.3 Å². The highest BCUT2D eigenvalue weighted by Gasteiger charge is 2.48. The minimum Gasteiger partial charge on any atom is -0.500 e. The molecule has 1 rings (SSSR count). The van der Waals surface area contributed by atoms with Crippen molar-refractivity contribution in [3.8, 4) is 0 Å². The summed E-state index contributed by atoms with van der Waals surface area (Å²) in [6.07, 6.45) is 1.27. The van der Waals surface area contributed by atoms with Gasteiger partial charge in [0.25, 0.3) is 0 Å². The number of ether oxygens (including phenoxy) is 1. The summed E-state index contributed by atoms with van der Waals surface area (Å²) in [5.74, 6) is -2.34. The fraction of sp³-hybridized carbons (Fsp3) is 0.615. The highest BCUT2D eigenvalue weighted by atomic mass is 16.5. The van der Waals surface area contributed by atoms with Crippen LogP contribution >= 0.6 is 0 Å². The molecule has 0 aromatic carbocycles. The van der Waals surface area contributed by atoms with Crippen LogP contribution in [0.5, 0.6) is 0 Å². The summed E-state index contributed by atoms with van der Waals surface area (Å²) in [6, 6.07) is 0. The lowest BCUT2D eigenvalue weighted by Crippen LogP contribution is -2.46. The first-order chi connectivity index (χ1) is 7.73. The van der Waals surface area contributed by atoms with Crippen LogP contribution in [0, 0.1) is 17.3 Å². The van der Waals surface area contributed by atoms with Crippen molar-refractivity contribution in [2.45, 2.75) is 27.7 Å². The quantitative estimate of drug-likeness (QED) is 0.700. The second kappa shape index (κ2) is 4.43. The third-order valence-electron chi connectivity index (χ3n) is 3.13. The van der Waals surface area contributed by atoms with E-state index in [-0.39, 0.29) is 17.5 Å². The van der Waals surface area contributed by atoms with Crippen molar-refractivity contribution < 1.29 is 19.1 Å². The first-order valence-electron chi connectivity index (χ1n) is 5.61. The molecule has 1 aliphatic carbocycles. The van der Waals surface area contributed by atoms with Crippen LogP contribution < -0.4 is 0 Å². The van der Waals surface area contributed by atoms with E-state index in [4.69, 9.17) is 4.74 Å². The van der Waals surface area contributed by atoms with Gasteiger partial charge in [0, 0.05) is 12.0 Å². The molecule has 4 nitrogen and oxygen atoms in total. The Labute approximate surface area is 101 Å². The summed E-state index contributed by atoms with van der Waals surface area (Å²) >= 11 is 0. The number of carbonyl (C=O) groups is 3. The molecule has 0 saturated heterocycles. The maximum atomic E-state index is 12.2. The van der Waals surface area contributed by atoms with Crippen LogP contribution in [0.4, 0.5) is 0 Å². The van der Waals surface area contributed by atoms with Crippen molar-refractivity contribution >= 4 is 17.3 Å². The van der Waals surface area contributed by atoms with Crippen molar-refractivity contribution in [2.75, 3.05) is 7.11 Å². The van der Waals surface area contributed by atoms with E-state index >= 15 is 0 Å². The van der Waals surface area contributed by atoms with Crippen LogP contribution in [-0.4, -0.2) is 24.5 Å². The number of hydrogen-bond donors (Lipinski definition) is 0. The normalized spacial score (nSPS) is 23.6. The minimum absolute atomic E-state index is 0.320. The average Bonchev–Trinajstić information content (AvgIpc) is 2.23. The van der Waals surface area contributed by atoms with Crippen molar-refractivity contribution in [1.29, 1.82) is 0 Å². The van der Waals surface area contributed by atoms with E-state index in [1.54, 1.807) is 27.7 Å². The van der Waals surface area contributed by atoms with Gasteiger partial charge in [-0.1, -0.05) is 13.8 Å². The van der Waals surface area contributed by atoms with E-state index in [2.05, 4.69) is 0 Å². The van der Waals surface area contributed by atoms with Crippen molar-refractivity contribution in [2.24, 2.45) is 17.3 Å². The Morgan fingerprint density at radius 1 is 1.35 bits per heavy atom. The summed E-state index contributed by atoms with van der Waals surface area (Å²) in [6.45, 7) is 6.70. The average molecular weight is 238 g/mol. The minimum atomic E-state index is -1.16. The number of methoxy groups -OCH3 is 1. The Balaban J connectivity index is 3.23. The Bertz CT molecular complexity index is 402. The Hall–Kier alpha value is -1.45. The summed E-state index contributed by atoms with van der Waals surface area (Å²) in [7, 11) is 1.42. The molecular weight excluding hydrogens is 220 g/mol. The molecule has 0 N–H and O–H groups in total. The smallest absolute Gasteiger partial charge is 0.177 e. The van der Waals surface area contributed by atoms with Gasteiger partial charge in [-0.25, -0.2) is 0 Å². The SMILES string of the molecule is COC1=CC(=O)C(C(=O)C(C)C)C(=O)C1(C)C. The molecule has 0 saturated carbocycles. The van der Waals surface area contributed by atoms with Crippen LogP contribution in [0.1, 0.15) is 27.7 Å². The molecule has 1 atom stereocenters. The summed E-state index contributed by atoms with van der Waals surface area (Å²) < 4.78 is 5.04. The van der Waals surface area contributed by atoms with E-state index in [0.29, 0.717) is 5.76 Å².